The van der Waals surface area contributed by atoms with Crippen LogP contribution >= 0.6 is 28.1 Å². The van der Waals surface area contributed by atoms with Crippen LogP contribution < -0.4 is 10.2 Å². The molecule has 0 spiro atoms. The molecule has 0 bridgehead atoms. The zero-order valence-electron chi connectivity index (χ0n) is 16.2. The second-order valence-electron chi connectivity index (χ2n) is 6.96. The lowest BCUT2D eigenvalue weighted by atomic mass is 10.1. The van der Waals surface area contributed by atoms with Crippen LogP contribution in [0.4, 0.5) is 5.69 Å². The molecule has 150 valence electrons. The lowest BCUT2D eigenvalue weighted by Crippen LogP contribution is -2.54. The monoisotopic (exact) mass is 480 g/mol. The Hall–Kier alpha value is -3.03. The van der Waals surface area contributed by atoms with E-state index in [0.717, 1.165) is 21.2 Å². The first kappa shape index (κ1) is 20.3. The van der Waals surface area contributed by atoms with Gasteiger partial charge in [-0.1, -0.05) is 45.8 Å². The molecule has 0 aliphatic carbocycles. The summed E-state index contributed by atoms with van der Waals surface area (Å²) in [5.74, 6) is -0.00651. The van der Waals surface area contributed by atoms with Crippen molar-refractivity contribution in [2.45, 2.75) is 13.8 Å². The van der Waals surface area contributed by atoms with Gasteiger partial charge < -0.3 is 4.42 Å². The predicted octanol–water partition coefficient (Wildman–Crippen LogP) is 5.16. The number of amides is 2. The Kier molecular flexibility index (Phi) is 5.40. The fraction of sp³-hybridized carbons (Fsp3) is 0.0870. The molecule has 1 aliphatic rings. The van der Waals surface area contributed by atoms with Crippen molar-refractivity contribution in [3.05, 3.63) is 81.5 Å². The smallest absolute Gasteiger partial charge is 0.270 e. The fourth-order valence-electron chi connectivity index (χ4n) is 3.30. The highest BCUT2D eigenvalue weighted by atomic mass is 79.9. The number of carbonyl (C=O) groups is 2. The van der Waals surface area contributed by atoms with Crippen LogP contribution in [0.2, 0.25) is 0 Å². The van der Waals surface area contributed by atoms with E-state index in [2.05, 4.69) is 21.2 Å². The zero-order chi connectivity index (χ0) is 21.4. The van der Waals surface area contributed by atoms with Crippen molar-refractivity contribution in [3.63, 3.8) is 0 Å². The molecule has 0 radical (unpaired) electrons. The van der Waals surface area contributed by atoms with Crippen LogP contribution in [-0.2, 0) is 9.59 Å². The molecule has 1 aromatic heterocycles. The molecule has 0 atom stereocenters. The maximum atomic E-state index is 13.2. The molecule has 3 aromatic rings. The zero-order valence-corrected chi connectivity index (χ0v) is 18.6. The topological polar surface area (TPSA) is 62.6 Å². The van der Waals surface area contributed by atoms with Gasteiger partial charge in [0.15, 0.2) is 5.11 Å². The van der Waals surface area contributed by atoms with Gasteiger partial charge in [-0.25, -0.2) is 0 Å². The quantitative estimate of drug-likeness (QED) is 0.319. The van der Waals surface area contributed by atoms with Gasteiger partial charge >= 0.3 is 0 Å². The van der Waals surface area contributed by atoms with Crippen molar-refractivity contribution < 1.29 is 14.0 Å². The normalized spacial score (nSPS) is 15.6. The van der Waals surface area contributed by atoms with E-state index in [-0.39, 0.29) is 10.7 Å². The SMILES string of the molecule is Cc1ccc(N2C(=O)/C(=C/c3ccc(-c4cccc(Br)c4)o3)C(=O)NC2=S)c(C)c1. The summed E-state index contributed by atoms with van der Waals surface area (Å²) in [5.41, 5.74) is 3.43. The summed E-state index contributed by atoms with van der Waals surface area (Å²) < 4.78 is 6.78. The van der Waals surface area contributed by atoms with E-state index in [1.807, 2.05) is 56.3 Å². The molecule has 7 heteroatoms. The standard InChI is InChI=1S/C23H17BrN2O3S/c1-13-6-8-19(14(2)10-13)26-22(28)18(21(27)25-23(26)30)12-17-7-9-20(29-17)15-4-3-5-16(24)11-15/h3-12H,1-2H3,(H,25,27,30)/b18-12+. The van der Waals surface area contributed by atoms with Crippen LogP contribution in [0.3, 0.4) is 0 Å². The van der Waals surface area contributed by atoms with E-state index >= 15 is 0 Å². The third-order valence-electron chi connectivity index (χ3n) is 4.72. The van der Waals surface area contributed by atoms with Crippen LogP contribution in [0.1, 0.15) is 16.9 Å². The number of anilines is 1. The Balaban J connectivity index is 1.70. The number of nitrogens with zero attached hydrogens (tertiary/aromatic N) is 1. The van der Waals surface area contributed by atoms with E-state index in [4.69, 9.17) is 16.6 Å². The van der Waals surface area contributed by atoms with E-state index in [9.17, 15) is 9.59 Å². The van der Waals surface area contributed by atoms with Crippen molar-refractivity contribution in [3.8, 4) is 11.3 Å². The van der Waals surface area contributed by atoms with E-state index in [1.165, 1.54) is 11.0 Å². The van der Waals surface area contributed by atoms with Gasteiger partial charge in [0.05, 0.1) is 5.69 Å². The minimum atomic E-state index is -0.550. The molecule has 2 amide bonds. The average molecular weight is 481 g/mol. The van der Waals surface area contributed by atoms with Gasteiger partial charge in [-0.3, -0.25) is 19.8 Å². The average Bonchev–Trinajstić information content (AvgIpc) is 3.15. The van der Waals surface area contributed by atoms with Crippen LogP contribution in [0.15, 0.2) is 69.1 Å². The Morgan fingerprint density at radius 2 is 1.87 bits per heavy atom. The van der Waals surface area contributed by atoms with Crippen LogP contribution in [0.5, 0.6) is 0 Å². The summed E-state index contributed by atoms with van der Waals surface area (Å²) in [5, 5.41) is 2.66. The molecule has 4 rings (SSSR count). The maximum absolute atomic E-state index is 13.2. The van der Waals surface area contributed by atoms with Gasteiger partial charge in [0, 0.05) is 10.0 Å². The molecule has 1 fully saturated rings. The van der Waals surface area contributed by atoms with Crippen LogP contribution in [-0.4, -0.2) is 16.9 Å². The van der Waals surface area contributed by atoms with Crippen LogP contribution in [0.25, 0.3) is 17.4 Å². The summed E-state index contributed by atoms with van der Waals surface area (Å²) >= 11 is 8.71. The number of aryl methyl sites for hydroxylation is 2. The first-order valence-corrected chi connectivity index (χ1v) is 10.4. The summed E-state index contributed by atoms with van der Waals surface area (Å²) in [4.78, 5) is 27.0. The molecule has 1 N–H and O–H groups in total. The van der Waals surface area contributed by atoms with Crippen molar-refractivity contribution in [1.82, 2.24) is 5.32 Å². The summed E-state index contributed by atoms with van der Waals surface area (Å²) in [6.07, 6.45) is 1.44. The molecule has 30 heavy (non-hydrogen) atoms. The number of nitrogens with one attached hydrogen (secondary N) is 1. The van der Waals surface area contributed by atoms with E-state index < -0.39 is 11.8 Å². The number of furan rings is 1. The minimum Gasteiger partial charge on any atom is -0.457 e. The third-order valence-corrected chi connectivity index (χ3v) is 5.50. The summed E-state index contributed by atoms with van der Waals surface area (Å²) in [6, 6.07) is 16.9. The fourth-order valence-corrected chi connectivity index (χ4v) is 3.98. The number of hydrogen-bond donors (Lipinski definition) is 1. The summed E-state index contributed by atoms with van der Waals surface area (Å²) in [7, 11) is 0. The number of thiocarbonyl (C=S) groups is 1. The number of benzene rings is 2. The second-order valence-corrected chi connectivity index (χ2v) is 8.26. The Morgan fingerprint density at radius 1 is 1.07 bits per heavy atom. The molecule has 1 saturated heterocycles. The van der Waals surface area contributed by atoms with Crippen molar-refractivity contribution in [2.75, 3.05) is 4.90 Å². The van der Waals surface area contributed by atoms with Crippen molar-refractivity contribution in [2.24, 2.45) is 0 Å². The summed E-state index contributed by atoms with van der Waals surface area (Å²) in [6.45, 7) is 3.87. The first-order valence-electron chi connectivity index (χ1n) is 9.18. The van der Waals surface area contributed by atoms with Gasteiger partial charge in [0.1, 0.15) is 17.1 Å². The second kappa shape index (κ2) is 8.01. The number of rotatable bonds is 3. The van der Waals surface area contributed by atoms with Gasteiger partial charge in [0.2, 0.25) is 0 Å². The number of carbonyl (C=O) groups excluding carboxylic acids is 2. The number of hydrogen-bond acceptors (Lipinski definition) is 4. The molecule has 1 aliphatic heterocycles. The Labute approximate surface area is 187 Å². The highest BCUT2D eigenvalue weighted by Gasteiger charge is 2.35. The first-order chi connectivity index (χ1) is 14.3. The van der Waals surface area contributed by atoms with Crippen LogP contribution in [0, 0.1) is 13.8 Å². The third kappa shape index (κ3) is 3.86. The van der Waals surface area contributed by atoms with Crippen molar-refractivity contribution in [1.29, 1.82) is 0 Å². The minimum absolute atomic E-state index is 0.0429. The van der Waals surface area contributed by atoms with Gasteiger partial charge in [-0.2, -0.15) is 0 Å². The van der Waals surface area contributed by atoms with E-state index in [1.54, 1.807) is 12.1 Å². The number of halogens is 1. The molecule has 2 heterocycles. The molecular weight excluding hydrogens is 464 g/mol. The largest absolute Gasteiger partial charge is 0.457 e. The Morgan fingerprint density at radius 3 is 2.60 bits per heavy atom. The Bertz CT molecular complexity index is 1230. The highest BCUT2D eigenvalue weighted by molar-refractivity contribution is 9.10. The van der Waals surface area contributed by atoms with E-state index in [0.29, 0.717) is 17.2 Å². The van der Waals surface area contributed by atoms with Gasteiger partial charge in [0.25, 0.3) is 11.8 Å². The predicted molar refractivity (Wildman–Crippen MR) is 124 cm³/mol. The molecule has 5 nitrogen and oxygen atoms in total. The van der Waals surface area contributed by atoms with Gasteiger partial charge in [-0.05, 0) is 68.0 Å². The molecule has 0 saturated carbocycles. The maximum Gasteiger partial charge on any atom is 0.270 e. The lowest BCUT2D eigenvalue weighted by Gasteiger charge is -2.30. The molecule has 0 unspecified atom stereocenters. The van der Waals surface area contributed by atoms with Crippen molar-refractivity contribution >= 4 is 56.8 Å². The van der Waals surface area contributed by atoms with Gasteiger partial charge in [-0.15, -0.1) is 0 Å². The molecule has 2 aromatic carbocycles. The molecular formula is C23H17BrN2O3S. The highest BCUT2D eigenvalue weighted by Crippen LogP contribution is 2.28. The lowest BCUT2D eigenvalue weighted by molar-refractivity contribution is -0.122.